The number of hydrogen-bond acceptors (Lipinski definition) is 6. The number of likely N-dealkylation sites (tertiary alicyclic amines) is 1. The molecule has 9 heteroatoms. The zero-order valence-electron chi connectivity index (χ0n) is 19.3. The van der Waals surface area contributed by atoms with E-state index in [1.165, 1.54) is 36.8 Å². The maximum atomic E-state index is 13.8. The van der Waals surface area contributed by atoms with Gasteiger partial charge >= 0.3 is 0 Å². The van der Waals surface area contributed by atoms with Crippen LogP contribution in [0.2, 0.25) is 0 Å². The van der Waals surface area contributed by atoms with E-state index in [9.17, 15) is 13.2 Å². The molecule has 0 aliphatic carbocycles. The lowest BCUT2D eigenvalue weighted by atomic mass is 10.1. The van der Waals surface area contributed by atoms with Crippen molar-refractivity contribution in [3.05, 3.63) is 78.6 Å². The van der Waals surface area contributed by atoms with Crippen molar-refractivity contribution in [2.75, 3.05) is 26.2 Å². The Hall–Kier alpha value is -3.40. The van der Waals surface area contributed by atoms with E-state index in [2.05, 4.69) is 4.90 Å². The predicted molar refractivity (Wildman–Crippen MR) is 134 cm³/mol. The molecule has 1 aromatic heterocycles. The third-order valence-electron chi connectivity index (χ3n) is 5.90. The van der Waals surface area contributed by atoms with Crippen LogP contribution in [0.25, 0.3) is 17.2 Å². The van der Waals surface area contributed by atoms with Gasteiger partial charge in [0.15, 0.2) is 0 Å². The van der Waals surface area contributed by atoms with E-state index >= 15 is 0 Å². The van der Waals surface area contributed by atoms with Gasteiger partial charge in [-0.05, 0) is 61.7 Å². The molecule has 4 rings (SSSR count). The summed E-state index contributed by atoms with van der Waals surface area (Å²) in [5, 5.41) is 8.65. The number of amides is 1. The van der Waals surface area contributed by atoms with E-state index in [1.807, 2.05) is 30.3 Å². The van der Waals surface area contributed by atoms with Gasteiger partial charge in [0.25, 0.3) is 15.9 Å². The molecule has 0 unspecified atom stereocenters. The fourth-order valence-electron chi connectivity index (χ4n) is 4.17. The van der Waals surface area contributed by atoms with Crippen molar-refractivity contribution in [2.24, 2.45) is 0 Å². The van der Waals surface area contributed by atoms with Crippen LogP contribution in [0.3, 0.4) is 0 Å². The van der Waals surface area contributed by atoms with Crippen LogP contribution in [0, 0.1) is 0 Å². The summed E-state index contributed by atoms with van der Waals surface area (Å²) < 4.78 is 34.8. The third kappa shape index (κ3) is 6.00. The van der Waals surface area contributed by atoms with Crippen molar-refractivity contribution < 1.29 is 23.2 Å². The highest BCUT2D eigenvalue weighted by Gasteiger charge is 2.26. The minimum Gasteiger partial charge on any atom is -0.492 e. The Kier molecular flexibility index (Phi) is 8.02. The number of benzene rings is 2. The van der Waals surface area contributed by atoms with E-state index in [4.69, 9.17) is 9.94 Å². The monoisotopic (exact) mass is 495 g/mol. The summed E-state index contributed by atoms with van der Waals surface area (Å²) >= 11 is 0. The van der Waals surface area contributed by atoms with E-state index in [0.29, 0.717) is 23.5 Å². The smallest absolute Gasteiger partial charge is 0.271 e. The van der Waals surface area contributed by atoms with Crippen molar-refractivity contribution in [3.8, 4) is 16.9 Å². The Labute approximate surface area is 205 Å². The molecular formula is C26H29N3O5S. The van der Waals surface area contributed by atoms with Gasteiger partial charge in [-0.2, -0.15) is 0 Å². The maximum Gasteiger partial charge on any atom is 0.271 e. The molecule has 0 atom stereocenters. The Bertz CT molecular complexity index is 1280. The topological polar surface area (TPSA) is 101 Å². The zero-order valence-corrected chi connectivity index (χ0v) is 20.2. The van der Waals surface area contributed by atoms with Gasteiger partial charge in [0, 0.05) is 30.6 Å². The Morgan fingerprint density at radius 2 is 1.83 bits per heavy atom. The van der Waals surface area contributed by atoms with Crippen LogP contribution in [-0.2, 0) is 14.8 Å². The highest BCUT2D eigenvalue weighted by atomic mass is 32.2. The van der Waals surface area contributed by atoms with Gasteiger partial charge in [-0.15, -0.1) is 0 Å². The molecule has 35 heavy (non-hydrogen) atoms. The van der Waals surface area contributed by atoms with E-state index in [1.54, 1.807) is 24.3 Å². The minimum atomic E-state index is -4.03. The zero-order chi connectivity index (χ0) is 24.7. The molecular weight excluding hydrogens is 466 g/mol. The number of hydroxylamine groups is 1. The van der Waals surface area contributed by atoms with Crippen LogP contribution in [0.4, 0.5) is 0 Å². The molecule has 1 amide bonds. The number of rotatable bonds is 10. The second-order valence-corrected chi connectivity index (χ2v) is 10.1. The molecule has 2 aromatic carbocycles. The van der Waals surface area contributed by atoms with Crippen LogP contribution in [0.15, 0.2) is 78.0 Å². The van der Waals surface area contributed by atoms with Gasteiger partial charge in [0.2, 0.25) is 0 Å². The lowest BCUT2D eigenvalue weighted by Gasteiger charge is -2.18. The third-order valence-corrected chi connectivity index (χ3v) is 7.62. The van der Waals surface area contributed by atoms with Crippen molar-refractivity contribution in [1.29, 1.82) is 0 Å². The lowest BCUT2D eigenvalue weighted by Crippen LogP contribution is -2.22. The second kappa shape index (κ2) is 11.4. The Morgan fingerprint density at radius 1 is 1.06 bits per heavy atom. The number of carbonyl (C=O) groups is 1. The van der Waals surface area contributed by atoms with Crippen LogP contribution in [0.1, 0.15) is 24.8 Å². The molecule has 0 bridgehead atoms. The van der Waals surface area contributed by atoms with Crippen LogP contribution in [0.5, 0.6) is 5.75 Å². The molecule has 2 heterocycles. The number of carbonyl (C=O) groups excluding carboxylic acids is 1. The van der Waals surface area contributed by atoms with Crippen LogP contribution in [-0.4, -0.2) is 54.6 Å². The molecule has 1 aliphatic heterocycles. The lowest BCUT2D eigenvalue weighted by molar-refractivity contribution is -0.124. The van der Waals surface area contributed by atoms with E-state index < -0.39 is 15.9 Å². The van der Waals surface area contributed by atoms with Crippen molar-refractivity contribution in [3.63, 3.8) is 0 Å². The first-order chi connectivity index (χ1) is 17.0. The average Bonchev–Trinajstić information content (AvgIpc) is 3.58. The molecule has 2 N–H and O–H groups in total. The number of aromatic nitrogens is 1. The molecule has 1 saturated heterocycles. The first-order valence-corrected chi connectivity index (χ1v) is 13.0. The fraction of sp³-hybridized carbons (Fsp3) is 0.269. The van der Waals surface area contributed by atoms with Crippen molar-refractivity contribution in [1.82, 2.24) is 14.4 Å². The molecule has 1 aliphatic rings. The van der Waals surface area contributed by atoms with E-state index in [-0.39, 0.29) is 4.90 Å². The number of hydrogen-bond donors (Lipinski definition) is 2. The molecule has 1 fully saturated rings. The predicted octanol–water partition coefficient (Wildman–Crippen LogP) is 3.78. The van der Waals surface area contributed by atoms with Crippen molar-refractivity contribution >= 4 is 22.0 Å². The average molecular weight is 496 g/mol. The SMILES string of the molecule is O=C(/C=C/c1ccn(S(=O)(=O)c2c(OCCCN3CCCC3)cccc2-c2ccccc2)c1)NO. The van der Waals surface area contributed by atoms with Gasteiger partial charge in [-0.1, -0.05) is 42.5 Å². The molecule has 8 nitrogen and oxygen atoms in total. The first-order valence-electron chi connectivity index (χ1n) is 11.6. The summed E-state index contributed by atoms with van der Waals surface area (Å²) in [5.74, 6) is -0.405. The number of ether oxygens (including phenoxy) is 1. The summed E-state index contributed by atoms with van der Waals surface area (Å²) in [6.45, 7) is 3.55. The maximum absolute atomic E-state index is 13.8. The van der Waals surface area contributed by atoms with Gasteiger partial charge in [0.1, 0.15) is 10.6 Å². The fourth-order valence-corrected chi connectivity index (χ4v) is 5.71. The van der Waals surface area contributed by atoms with Gasteiger partial charge in [0.05, 0.1) is 6.61 Å². The van der Waals surface area contributed by atoms with Gasteiger partial charge < -0.3 is 9.64 Å². The minimum absolute atomic E-state index is 0.0894. The second-order valence-electron chi connectivity index (χ2n) is 8.34. The summed E-state index contributed by atoms with van der Waals surface area (Å²) in [5.41, 5.74) is 3.30. The largest absolute Gasteiger partial charge is 0.492 e. The summed E-state index contributed by atoms with van der Waals surface area (Å²) in [4.78, 5) is 13.8. The molecule has 184 valence electrons. The van der Waals surface area contributed by atoms with Crippen molar-refractivity contribution in [2.45, 2.75) is 24.2 Å². The molecule has 0 saturated carbocycles. The first kappa shape index (κ1) is 24.7. The highest BCUT2D eigenvalue weighted by Crippen LogP contribution is 2.36. The standard InChI is InChI=1S/C26H29N3O5S/c30-25(27-31)13-12-21-14-18-29(20-21)35(32,33)26-23(22-8-2-1-3-9-22)10-6-11-24(26)34-19-7-17-28-15-4-5-16-28/h1-3,6,8-14,18,20,31H,4-5,7,15-17,19H2,(H,27,30)/b13-12+. The Balaban J connectivity index is 1.66. The quantitative estimate of drug-likeness (QED) is 0.192. The summed E-state index contributed by atoms with van der Waals surface area (Å²) in [6.07, 6.45) is 8.61. The van der Waals surface area contributed by atoms with E-state index in [0.717, 1.165) is 41.7 Å². The van der Waals surface area contributed by atoms with Gasteiger partial charge in [-0.25, -0.2) is 17.9 Å². The highest BCUT2D eigenvalue weighted by molar-refractivity contribution is 7.90. The molecule has 0 radical (unpaired) electrons. The van der Waals surface area contributed by atoms with Crippen LogP contribution >= 0.6 is 0 Å². The molecule has 0 spiro atoms. The summed E-state index contributed by atoms with van der Waals surface area (Å²) in [7, 11) is -4.03. The van der Waals surface area contributed by atoms with Crippen LogP contribution < -0.4 is 10.2 Å². The summed E-state index contributed by atoms with van der Waals surface area (Å²) in [6, 6.07) is 16.2. The Morgan fingerprint density at radius 3 is 2.57 bits per heavy atom. The normalized spacial score (nSPS) is 14.4. The number of nitrogens with one attached hydrogen (secondary N) is 1. The number of nitrogens with zero attached hydrogens (tertiary/aromatic N) is 2. The molecule has 3 aromatic rings. The van der Waals surface area contributed by atoms with Gasteiger partial charge in [-0.3, -0.25) is 10.0 Å².